The quantitative estimate of drug-likeness (QED) is 0.413. The van der Waals surface area contributed by atoms with Gasteiger partial charge in [0, 0.05) is 37.9 Å². The first-order valence-corrected chi connectivity index (χ1v) is 11.7. The van der Waals surface area contributed by atoms with Crippen LogP contribution in [0, 0.1) is 19.8 Å². The molecule has 1 fully saturated rings. The third-order valence-electron chi connectivity index (χ3n) is 5.90. The number of benzene rings is 1. The molecule has 3 N–H and O–H groups in total. The molecule has 0 aliphatic carbocycles. The second-order valence-corrected chi connectivity index (χ2v) is 8.65. The molecule has 3 heterocycles. The van der Waals surface area contributed by atoms with Gasteiger partial charge in [0.2, 0.25) is 0 Å². The molecule has 0 radical (unpaired) electrons. The zero-order valence-electron chi connectivity index (χ0n) is 20.0. The second-order valence-electron chi connectivity index (χ2n) is 8.65. The predicted octanol–water partition coefficient (Wildman–Crippen LogP) is 3.21. The van der Waals surface area contributed by atoms with Crippen molar-refractivity contribution in [3.63, 3.8) is 0 Å². The third-order valence-corrected chi connectivity index (χ3v) is 5.90. The van der Waals surface area contributed by atoms with Crippen molar-refractivity contribution >= 4 is 5.82 Å². The van der Waals surface area contributed by atoms with E-state index < -0.39 is 6.10 Å². The molecular weight excluding hydrogens is 434 g/mol. The number of rotatable bonds is 10. The van der Waals surface area contributed by atoms with Gasteiger partial charge in [0.05, 0.1) is 17.0 Å². The largest absolute Gasteiger partial charge is 0.491 e. The average molecular weight is 468 g/mol. The summed E-state index contributed by atoms with van der Waals surface area (Å²) in [6.07, 6.45) is 1.50. The molecule has 9 heteroatoms. The number of nitrogens with zero attached hydrogens (tertiary/aromatic N) is 3. The van der Waals surface area contributed by atoms with Crippen molar-refractivity contribution in [2.24, 2.45) is 5.92 Å². The molecule has 1 aliphatic heterocycles. The zero-order chi connectivity index (χ0) is 23.9. The highest BCUT2D eigenvalue weighted by Crippen LogP contribution is 2.30. The van der Waals surface area contributed by atoms with E-state index in [1.165, 1.54) is 0 Å². The molecular formula is C25H33N5O4. The number of ether oxygens (including phenoxy) is 2. The maximum atomic E-state index is 9.95. The fourth-order valence-electron chi connectivity index (χ4n) is 4.06. The highest BCUT2D eigenvalue weighted by atomic mass is 16.5. The van der Waals surface area contributed by atoms with E-state index in [2.05, 4.69) is 15.8 Å². The van der Waals surface area contributed by atoms with E-state index in [1.807, 2.05) is 44.2 Å². The number of aromatic nitrogens is 3. The van der Waals surface area contributed by atoms with Crippen LogP contribution in [0.5, 0.6) is 5.75 Å². The molecule has 1 unspecified atom stereocenters. The van der Waals surface area contributed by atoms with Gasteiger partial charge in [0.1, 0.15) is 30.0 Å². The summed E-state index contributed by atoms with van der Waals surface area (Å²) in [5.41, 5.74) is 3.24. The van der Waals surface area contributed by atoms with Gasteiger partial charge in [-0.15, -0.1) is 0 Å². The Kier molecular flexibility index (Phi) is 8.10. The van der Waals surface area contributed by atoms with Crippen LogP contribution in [0.15, 0.2) is 34.9 Å². The number of nitrogens with one attached hydrogen (secondary N) is 2. The fraction of sp³-hybridized carbons (Fsp3) is 0.480. The molecule has 0 saturated carbocycles. The van der Waals surface area contributed by atoms with Gasteiger partial charge < -0.3 is 29.7 Å². The first kappa shape index (κ1) is 24.1. The Bertz CT molecular complexity index is 1060. The number of anilines is 1. The Balaban J connectivity index is 1.62. The van der Waals surface area contributed by atoms with Crippen LogP contribution in [0.1, 0.15) is 24.3 Å². The van der Waals surface area contributed by atoms with E-state index in [0.717, 1.165) is 60.9 Å². The Morgan fingerprint density at radius 2 is 2.00 bits per heavy atom. The SMILES string of the molecule is CNCC(O)COc1cccc(-c2nc(NCC3CCOCC3)cc(-c3c(C)noc3C)n2)c1. The van der Waals surface area contributed by atoms with Crippen LogP contribution in [-0.4, -0.2) is 66.3 Å². The predicted molar refractivity (Wildman–Crippen MR) is 130 cm³/mol. The molecule has 2 aromatic heterocycles. The number of hydrogen-bond donors (Lipinski definition) is 3. The first-order chi connectivity index (χ1) is 16.5. The van der Waals surface area contributed by atoms with Crippen molar-refractivity contribution in [2.75, 3.05) is 45.3 Å². The normalized spacial score (nSPS) is 15.3. The summed E-state index contributed by atoms with van der Waals surface area (Å²) in [5, 5.41) is 20.5. The van der Waals surface area contributed by atoms with E-state index in [0.29, 0.717) is 29.8 Å². The van der Waals surface area contributed by atoms with Gasteiger partial charge in [0.15, 0.2) is 5.82 Å². The van der Waals surface area contributed by atoms with Crippen molar-refractivity contribution < 1.29 is 19.1 Å². The van der Waals surface area contributed by atoms with Crippen LogP contribution in [0.2, 0.25) is 0 Å². The lowest BCUT2D eigenvalue weighted by Gasteiger charge is -2.22. The minimum atomic E-state index is -0.589. The highest BCUT2D eigenvalue weighted by molar-refractivity contribution is 5.70. The highest BCUT2D eigenvalue weighted by Gasteiger charge is 2.18. The molecule has 1 atom stereocenters. The van der Waals surface area contributed by atoms with Crippen LogP contribution in [0.25, 0.3) is 22.6 Å². The molecule has 1 aromatic carbocycles. The van der Waals surface area contributed by atoms with E-state index in [1.54, 1.807) is 7.05 Å². The zero-order valence-corrected chi connectivity index (χ0v) is 20.0. The van der Waals surface area contributed by atoms with Gasteiger partial charge in [-0.1, -0.05) is 17.3 Å². The molecule has 4 rings (SSSR count). The number of aliphatic hydroxyl groups excluding tert-OH is 1. The van der Waals surface area contributed by atoms with E-state index in [9.17, 15) is 5.11 Å². The fourth-order valence-corrected chi connectivity index (χ4v) is 4.06. The van der Waals surface area contributed by atoms with Crippen molar-refractivity contribution in [3.05, 3.63) is 41.8 Å². The summed E-state index contributed by atoms with van der Waals surface area (Å²) in [4.78, 5) is 9.65. The van der Waals surface area contributed by atoms with Crippen LogP contribution in [0.3, 0.4) is 0 Å². The van der Waals surface area contributed by atoms with Gasteiger partial charge in [-0.2, -0.15) is 0 Å². The molecule has 0 spiro atoms. The number of hydrogen-bond acceptors (Lipinski definition) is 9. The molecule has 1 saturated heterocycles. The maximum absolute atomic E-state index is 9.95. The lowest BCUT2D eigenvalue weighted by molar-refractivity contribution is 0.0699. The summed E-state index contributed by atoms with van der Waals surface area (Å²) in [5.74, 6) is 3.25. The van der Waals surface area contributed by atoms with Crippen LogP contribution < -0.4 is 15.4 Å². The van der Waals surface area contributed by atoms with E-state index >= 15 is 0 Å². The third kappa shape index (κ3) is 6.11. The lowest BCUT2D eigenvalue weighted by Crippen LogP contribution is -2.29. The lowest BCUT2D eigenvalue weighted by atomic mass is 10.0. The molecule has 1 aliphatic rings. The number of likely N-dealkylation sites (N-methyl/N-ethyl adjacent to an activating group) is 1. The van der Waals surface area contributed by atoms with Crippen LogP contribution >= 0.6 is 0 Å². The van der Waals surface area contributed by atoms with E-state index in [-0.39, 0.29) is 6.61 Å². The summed E-state index contributed by atoms with van der Waals surface area (Å²) in [7, 11) is 1.79. The molecule has 3 aromatic rings. The average Bonchev–Trinajstić information content (AvgIpc) is 3.20. The second kappa shape index (κ2) is 11.4. The first-order valence-electron chi connectivity index (χ1n) is 11.7. The number of aryl methyl sites for hydroxylation is 2. The van der Waals surface area contributed by atoms with Gasteiger partial charge in [-0.05, 0) is 51.8 Å². The molecule has 182 valence electrons. The Labute approximate surface area is 199 Å². The molecule has 9 nitrogen and oxygen atoms in total. The minimum Gasteiger partial charge on any atom is -0.491 e. The van der Waals surface area contributed by atoms with Gasteiger partial charge in [-0.3, -0.25) is 0 Å². The van der Waals surface area contributed by atoms with Crippen molar-refractivity contribution in [2.45, 2.75) is 32.8 Å². The van der Waals surface area contributed by atoms with Crippen molar-refractivity contribution in [1.82, 2.24) is 20.4 Å². The van der Waals surface area contributed by atoms with E-state index in [4.69, 9.17) is 24.0 Å². The number of aliphatic hydroxyl groups is 1. The minimum absolute atomic E-state index is 0.197. The standard InChI is InChI=1S/C25H33N5O4/c1-16-24(17(2)34-30-16)22-12-23(27-13-18-7-9-32-10-8-18)29-25(28-22)19-5-4-6-21(11-19)33-15-20(31)14-26-3/h4-6,11-12,18,20,26,31H,7-10,13-15H2,1-3H3,(H,27,28,29). The topological polar surface area (TPSA) is 115 Å². The van der Waals surface area contributed by atoms with Crippen molar-refractivity contribution in [3.8, 4) is 28.4 Å². The van der Waals surface area contributed by atoms with Gasteiger partial charge in [0.25, 0.3) is 0 Å². The smallest absolute Gasteiger partial charge is 0.162 e. The Hall–Kier alpha value is -3.01. The molecule has 0 bridgehead atoms. The maximum Gasteiger partial charge on any atom is 0.162 e. The van der Waals surface area contributed by atoms with Crippen LogP contribution in [-0.2, 0) is 4.74 Å². The van der Waals surface area contributed by atoms with Gasteiger partial charge in [-0.25, -0.2) is 9.97 Å². The van der Waals surface area contributed by atoms with Gasteiger partial charge >= 0.3 is 0 Å². The summed E-state index contributed by atoms with van der Waals surface area (Å²) < 4.78 is 16.7. The summed E-state index contributed by atoms with van der Waals surface area (Å²) >= 11 is 0. The van der Waals surface area contributed by atoms with Crippen molar-refractivity contribution in [1.29, 1.82) is 0 Å². The summed E-state index contributed by atoms with van der Waals surface area (Å²) in [6, 6.07) is 9.55. The monoisotopic (exact) mass is 467 g/mol. The molecule has 34 heavy (non-hydrogen) atoms. The Morgan fingerprint density at radius 1 is 1.18 bits per heavy atom. The molecule has 0 amide bonds. The Morgan fingerprint density at radius 3 is 2.74 bits per heavy atom. The van der Waals surface area contributed by atoms with Crippen LogP contribution in [0.4, 0.5) is 5.82 Å². The summed E-state index contributed by atoms with van der Waals surface area (Å²) in [6.45, 7) is 6.90.